The zero-order chi connectivity index (χ0) is 18.2. The highest BCUT2D eigenvalue weighted by Gasteiger charge is 2.68. The van der Waals surface area contributed by atoms with E-state index in [9.17, 15) is 9.59 Å². The second-order valence-electron chi connectivity index (χ2n) is 6.85. The van der Waals surface area contributed by atoms with Gasteiger partial charge in [0.1, 0.15) is 10.1 Å². The molecule has 25 heavy (non-hydrogen) atoms. The second-order valence-corrected chi connectivity index (χ2v) is 8.34. The Morgan fingerprint density at radius 2 is 1.68 bits per heavy atom. The molecule has 2 amide bonds. The third-order valence-corrected chi connectivity index (χ3v) is 6.24. The van der Waals surface area contributed by atoms with Crippen molar-refractivity contribution >= 4 is 35.0 Å². The van der Waals surface area contributed by atoms with Crippen molar-refractivity contribution in [1.82, 2.24) is 9.80 Å². The summed E-state index contributed by atoms with van der Waals surface area (Å²) in [6, 6.07) is 7.18. The number of nitrogens with zero attached hydrogens (tertiary/aromatic N) is 2. The van der Waals surface area contributed by atoms with E-state index in [1.165, 1.54) is 0 Å². The lowest BCUT2D eigenvalue weighted by molar-refractivity contribution is -0.136. The molecule has 1 aliphatic heterocycles. The molecule has 0 aromatic heterocycles. The maximum Gasteiger partial charge on any atom is 0.257 e. The molecule has 1 aromatic rings. The second kappa shape index (κ2) is 6.69. The first-order valence-corrected chi connectivity index (χ1v) is 9.15. The summed E-state index contributed by atoms with van der Waals surface area (Å²) in [7, 11) is 1.55. The van der Waals surface area contributed by atoms with Crippen LogP contribution in [0.5, 0.6) is 5.75 Å². The number of rotatable bonds is 3. The highest BCUT2D eigenvalue weighted by Crippen LogP contribution is 2.64. The zero-order valence-corrected chi connectivity index (χ0v) is 15.9. The van der Waals surface area contributed by atoms with Crippen molar-refractivity contribution < 1.29 is 14.3 Å². The van der Waals surface area contributed by atoms with Crippen LogP contribution in [0.2, 0.25) is 0 Å². The van der Waals surface area contributed by atoms with Crippen LogP contribution in [-0.4, -0.2) is 59.2 Å². The summed E-state index contributed by atoms with van der Waals surface area (Å²) in [6.45, 7) is 3.98. The van der Waals surface area contributed by atoms with Crippen LogP contribution in [-0.2, 0) is 4.79 Å². The third-order valence-electron chi connectivity index (χ3n) is 5.14. The van der Waals surface area contributed by atoms with Gasteiger partial charge >= 0.3 is 0 Å². The topological polar surface area (TPSA) is 49.9 Å². The lowest BCUT2D eigenvalue weighted by atomic mass is 10.1. The fourth-order valence-corrected chi connectivity index (χ4v) is 3.99. The van der Waals surface area contributed by atoms with E-state index in [0.29, 0.717) is 43.9 Å². The molecular weight excluding hydrogens is 363 g/mol. The molecule has 1 atom stereocenters. The number of amides is 2. The van der Waals surface area contributed by atoms with Gasteiger partial charge in [0.25, 0.3) is 5.91 Å². The Balaban J connectivity index is 1.68. The predicted molar refractivity (Wildman–Crippen MR) is 97.3 cm³/mol. The average molecular weight is 385 g/mol. The maximum atomic E-state index is 12.8. The van der Waals surface area contributed by atoms with E-state index in [4.69, 9.17) is 27.9 Å². The largest absolute Gasteiger partial charge is 0.496 e. The Labute approximate surface area is 157 Å². The Hall–Kier alpha value is -1.46. The van der Waals surface area contributed by atoms with Gasteiger partial charge in [0.05, 0.1) is 18.1 Å². The fourth-order valence-electron chi connectivity index (χ4n) is 3.30. The molecule has 1 unspecified atom stereocenters. The normalized spacial score (nSPS) is 25.3. The summed E-state index contributed by atoms with van der Waals surface area (Å²) in [5, 5.41) is 0. The van der Waals surface area contributed by atoms with Crippen molar-refractivity contribution in [2.45, 2.75) is 24.1 Å². The monoisotopic (exact) mass is 384 g/mol. The maximum absolute atomic E-state index is 12.8. The number of alkyl halides is 2. The average Bonchev–Trinajstić information content (AvgIpc) is 3.23. The van der Waals surface area contributed by atoms with Crippen molar-refractivity contribution in [2.75, 3.05) is 33.3 Å². The van der Waals surface area contributed by atoms with Crippen molar-refractivity contribution in [2.24, 2.45) is 5.41 Å². The molecule has 1 saturated heterocycles. The molecule has 0 spiro atoms. The predicted octanol–water partition coefficient (Wildman–Crippen LogP) is 2.95. The molecule has 5 nitrogen and oxygen atoms in total. The summed E-state index contributed by atoms with van der Waals surface area (Å²) >= 11 is 12.3. The van der Waals surface area contributed by atoms with Crippen LogP contribution in [0, 0.1) is 5.41 Å². The smallest absolute Gasteiger partial charge is 0.257 e. The van der Waals surface area contributed by atoms with Gasteiger partial charge in [0, 0.05) is 26.2 Å². The number of para-hydroxylation sites is 1. The van der Waals surface area contributed by atoms with Gasteiger partial charge in [-0.15, -0.1) is 23.2 Å². The molecule has 7 heteroatoms. The van der Waals surface area contributed by atoms with Gasteiger partial charge in [0.2, 0.25) is 5.91 Å². The van der Waals surface area contributed by atoms with Gasteiger partial charge < -0.3 is 14.5 Å². The molecule has 1 heterocycles. The molecule has 0 N–H and O–H groups in total. The van der Waals surface area contributed by atoms with Gasteiger partial charge in [-0.25, -0.2) is 0 Å². The standard InChI is InChI=1S/C18H22Cl2N2O3/c1-17(12-18(17,19)20)16(24)22-9-5-8-21(10-11-22)15(23)13-6-3-4-7-14(13)25-2/h3-4,6-7H,5,8-12H2,1-2H3. The molecule has 136 valence electrons. The Morgan fingerprint density at radius 3 is 2.32 bits per heavy atom. The summed E-state index contributed by atoms with van der Waals surface area (Å²) < 4.78 is 4.31. The van der Waals surface area contributed by atoms with Crippen LogP contribution >= 0.6 is 23.2 Å². The highest BCUT2D eigenvalue weighted by molar-refractivity contribution is 6.53. The SMILES string of the molecule is COc1ccccc1C(=O)N1CCCN(C(=O)C2(C)CC2(Cl)Cl)CC1. The first kappa shape index (κ1) is 18.3. The van der Waals surface area contributed by atoms with Gasteiger partial charge in [-0.3, -0.25) is 9.59 Å². The summed E-state index contributed by atoms with van der Waals surface area (Å²) in [6.07, 6.45) is 1.20. The van der Waals surface area contributed by atoms with Crippen LogP contribution in [0.25, 0.3) is 0 Å². The van der Waals surface area contributed by atoms with E-state index in [-0.39, 0.29) is 11.8 Å². The lowest BCUT2D eigenvalue weighted by Crippen LogP contribution is -2.41. The summed E-state index contributed by atoms with van der Waals surface area (Å²) in [5.74, 6) is 0.460. The number of carbonyl (C=O) groups excluding carboxylic acids is 2. The van der Waals surface area contributed by atoms with E-state index in [1.807, 2.05) is 12.1 Å². The van der Waals surface area contributed by atoms with Crippen LogP contribution in [0.4, 0.5) is 0 Å². The molecule has 1 saturated carbocycles. The Kier molecular flexibility index (Phi) is 4.91. The summed E-state index contributed by atoms with van der Waals surface area (Å²) in [4.78, 5) is 29.1. The quantitative estimate of drug-likeness (QED) is 0.752. The Morgan fingerprint density at radius 1 is 1.08 bits per heavy atom. The highest BCUT2D eigenvalue weighted by atomic mass is 35.5. The van der Waals surface area contributed by atoms with Gasteiger partial charge in [-0.1, -0.05) is 12.1 Å². The van der Waals surface area contributed by atoms with E-state index in [2.05, 4.69) is 0 Å². The molecule has 0 radical (unpaired) electrons. The molecule has 0 bridgehead atoms. The number of halogens is 2. The van der Waals surface area contributed by atoms with Crippen molar-refractivity contribution in [3.8, 4) is 5.75 Å². The number of hydrogen-bond acceptors (Lipinski definition) is 3. The van der Waals surface area contributed by atoms with Crippen LogP contribution in [0.15, 0.2) is 24.3 Å². The minimum Gasteiger partial charge on any atom is -0.496 e. The lowest BCUT2D eigenvalue weighted by Gasteiger charge is -2.25. The van der Waals surface area contributed by atoms with E-state index >= 15 is 0 Å². The molecule has 1 aromatic carbocycles. The number of benzene rings is 1. The first-order chi connectivity index (χ1) is 11.8. The minimum atomic E-state index is -0.969. The summed E-state index contributed by atoms with van der Waals surface area (Å²) in [5.41, 5.74) is -0.169. The number of ether oxygens (including phenoxy) is 1. The van der Waals surface area contributed by atoms with Crippen LogP contribution in [0.1, 0.15) is 30.1 Å². The van der Waals surface area contributed by atoms with Crippen LogP contribution < -0.4 is 4.74 Å². The minimum absolute atomic E-state index is 0.0240. The molecule has 1 aliphatic carbocycles. The van der Waals surface area contributed by atoms with Crippen molar-refractivity contribution in [1.29, 1.82) is 0 Å². The van der Waals surface area contributed by atoms with Gasteiger partial charge in [-0.2, -0.15) is 0 Å². The van der Waals surface area contributed by atoms with E-state index < -0.39 is 9.75 Å². The third kappa shape index (κ3) is 3.32. The molecule has 2 aliphatic rings. The number of carbonyl (C=O) groups is 2. The van der Waals surface area contributed by atoms with Gasteiger partial charge in [-0.05, 0) is 31.9 Å². The zero-order valence-electron chi connectivity index (χ0n) is 14.4. The molecule has 2 fully saturated rings. The van der Waals surface area contributed by atoms with Crippen molar-refractivity contribution in [3.63, 3.8) is 0 Å². The fraction of sp³-hybridized carbons (Fsp3) is 0.556. The van der Waals surface area contributed by atoms with E-state index in [0.717, 1.165) is 6.42 Å². The van der Waals surface area contributed by atoms with Crippen molar-refractivity contribution in [3.05, 3.63) is 29.8 Å². The Bertz CT molecular complexity index is 695. The number of hydrogen-bond donors (Lipinski definition) is 0. The first-order valence-electron chi connectivity index (χ1n) is 8.40. The number of methoxy groups -OCH3 is 1. The van der Waals surface area contributed by atoms with Crippen LogP contribution in [0.3, 0.4) is 0 Å². The van der Waals surface area contributed by atoms with Gasteiger partial charge in [0.15, 0.2) is 0 Å². The molecule has 3 rings (SSSR count). The molecular formula is C18H22Cl2N2O3. The van der Waals surface area contributed by atoms with E-state index in [1.54, 1.807) is 36.0 Å².